The molecule has 128 valence electrons. The van der Waals surface area contributed by atoms with Gasteiger partial charge in [-0.1, -0.05) is 24.3 Å². The average molecular weight is 372 g/mol. The molecule has 0 saturated carbocycles. The first-order valence-electron chi connectivity index (χ1n) is 7.81. The number of phenolic OH excluding ortho intramolecular Hbond substituents is 1. The third-order valence-corrected chi connectivity index (χ3v) is 6.14. The zero-order valence-electron chi connectivity index (χ0n) is 13.5. The molecule has 1 N–H and O–H groups in total. The first-order chi connectivity index (χ1) is 12.1. The molecule has 2 fully saturated rings. The lowest BCUT2D eigenvalue weighted by molar-refractivity contribution is -0.119. The van der Waals surface area contributed by atoms with Gasteiger partial charge in [0.05, 0.1) is 12.8 Å². The maximum atomic E-state index is 12.9. The van der Waals surface area contributed by atoms with Crippen molar-refractivity contribution in [2.24, 2.45) is 0 Å². The van der Waals surface area contributed by atoms with Gasteiger partial charge in [0.1, 0.15) is 11.4 Å². The van der Waals surface area contributed by atoms with Gasteiger partial charge in [-0.3, -0.25) is 9.69 Å². The second-order valence-electron chi connectivity index (χ2n) is 5.83. The zero-order chi connectivity index (χ0) is 17.6. The predicted octanol–water partition coefficient (Wildman–Crippen LogP) is 3.15. The number of hydrogen-bond acceptors (Lipinski definition) is 5. The van der Waals surface area contributed by atoms with Gasteiger partial charge < -0.3 is 14.7 Å². The summed E-state index contributed by atoms with van der Waals surface area (Å²) in [6, 6.07) is 14.5. The Morgan fingerprint density at radius 3 is 2.68 bits per heavy atom. The van der Waals surface area contributed by atoms with Gasteiger partial charge in [0.15, 0.2) is 16.6 Å². The number of ether oxygens (including phenoxy) is 1. The third kappa shape index (κ3) is 2.54. The van der Waals surface area contributed by atoms with Crippen molar-refractivity contribution in [3.8, 4) is 11.5 Å². The topological polar surface area (TPSA) is 53.0 Å². The number of carbonyl (C=O) groups is 1. The maximum absolute atomic E-state index is 12.9. The van der Waals surface area contributed by atoms with Crippen LogP contribution < -0.4 is 9.64 Å². The van der Waals surface area contributed by atoms with Crippen LogP contribution in [0.25, 0.3) is 0 Å². The van der Waals surface area contributed by atoms with Crippen molar-refractivity contribution in [2.45, 2.75) is 11.4 Å². The van der Waals surface area contributed by atoms with E-state index in [2.05, 4.69) is 0 Å². The minimum atomic E-state index is -0.271. The van der Waals surface area contributed by atoms with Crippen LogP contribution in [-0.2, 0) is 4.79 Å². The Morgan fingerprint density at radius 2 is 2.00 bits per heavy atom. The number of phenols is 1. The number of carbonyl (C=O) groups excluding carboxylic acids is 1. The Labute approximate surface area is 155 Å². The van der Waals surface area contributed by atoms with Crippen LogP contribution in [0.2, 0.25) is 0 Å². The Morgan fingerprint density at radius 1 is 1.24 bits per heavy atom. The van der Waals surface area contributed by atoms with Crippen molar-refractivity contribution in [1.29, 1.82) is 0 Å². The fraction of sp³-hybridized carbons (Fsp3) is 0.222. The van der Waals surface area contributed by atoms with Crippen molar-refractivity contribution in [3.63, 3.8) is 0 Å². The minimum absolute atomic E-state index is 0.00364. The van der Waals surface area contributed by atoms with Crippen molar-refractivity contribution >= 4 is 40.7 Å². The van der Waals surface area contributed by atoms with E-state index in [1.165, 1.54) is 7.11 Å². The van der Waals surface area contributed by atoms with E-state index < -0.39 is 0 Å². The van der Waals surface area contributed by atoms with Crippen LogP contribution in [0.1, 0.15) is 10.9 Å². The largest absolute Gasteiger partial charge is 0.504 e. The molecule has 2 aromatic rings. The Balaban J connectivity index is 1.68. The summed E-state index contributed by atoms with van der Waals surface area (Å²) in [5, 5.41) is 10.5. The van der Waals surface area contributed by atoms with Gasteiger partial charge in [-0.2, -0.15) is 0 Å². The number of fused-ring (bicyclic) bond motifs is 1. The second kappa shape index (κ2) is 6.24. The normalized spacial score (nSPS) is 22.4. The third-order valence-electron chi connectivity index (χ3n) is 4.42. The molecule has 2 saturated heterocycles. The number of benzene rings is 2. The number of nitrogens with zero attached hydrogens (tertiary/aromatic N) is 2. The minimum Gasteiger partial charge on any atom is -0.504 e. The summed E-state index contributed by atoms with van der Waals surface area (Å²) in [5.74, 6) is 1.18. The van der Waals surface area contributed by atoms with E-state index >= 15 is 0 Å². The number of methoxy groups -OCH3 is 1. The molecule has 0 spiro atoms. The van der Waals surface area contributed by atoms with Gasteiger partial charge in [0.2, 0.25) is 0 Å². The maximum Gasteiger partial charge on any atom is 0.257 e. The highest BCUT2D eigenvalue weighted by atomic mass is 32.2. The number of thioether (sulfide) groups is 1. The molecule has 1 amide bonds. The molecule has 7 heteroatoms. The summed E-state index contributed by atoms with van der Waals surface area (Å²) < 4.78 is 5.10. The van der Waals surface area contributed by atoms with E-state index in [1.807, 2.05) is 41.3 Å². The number of para-hydroxylation sites is 1. The number of amides is 1. The molecule has 0 bridgehead atoms. The van der Waals surface area contributed by atoms with E-state index in [1.54, 1.807) is 28.8 Å². The fourth-order valence-electron chi connectivity index (χ4n) is 3.22. The van der Waals surface area contributed by atoms with Crippen LogP contribution in [0.15, 0.2) is 48.5 Å². The van der Waals surface area contributed by atoms with E-state index in [9.17, 15) is 9.90 Å². The van der Waals surface area contributed by atoms with Crippen molar-refractivity contribution < 1.29 is 14.6 Å². The molecule has 5 nitrogen and oxygen atoms in total. The van der Waals surface area contributed by atoms with Gasteiger partial charge in [-0.25, -0.2) is 0 Å². The molecule has 4 rings (SSSR count). The van der Waals surface area contributed by atoms with Crippen LogP contribution in [0.5, 0.6) is 11.5 Å². The summed E-state index contributed by atoms with van der Waals surface area (Å²) in [4.78, 5) is 16.4. The number of thiocarbonyl (C=S) groups is 1. The van der Waals surface area contributed by atoms with Crippen LogP contribution in [0, 0.1) is 0 Å². The van der Waals surface area contributed by atoms with Crippen molar-refractivity contribution in [2.75, 3.05) is 17.8 Å². The molecule has 0 aliphatic carbocycles. The van der Waals surface area contributed by atoms with Gasteiger partial charge in [-0.15, -0.1) is 11.8 Å². The molecule has 2 heterocycles. The molecule has 2 aromatic carbocycles. The molecule has 2 aliphatic heterocycles. The van der Waals surface area contributed by atoms with Crippen LogP contribution in [-0.4, -0.2) is 39.9 Å². The molecule has 2 aliphatic rings. The highest BCUT2D eigenvalue weighted by molar-refractivity contribution is 7.99. The molecule has 0 radical (unpaired) electrons. The van der Waals surface area contributed by atoms with E-state index in [-0.39, 0.29) is 23.1 Å². The second-order valence-corrected chi connectivity index (χ2v) is 7.31. The Bertz CT molecular complexity index is 843. The highest BCUT2D eigenvalue weighted by Crippen LogP contribution is 2.47. The summed E-state index contributed by atoms with van der Waals surface area (Å²) in [7, 11) is 1.51. The Kier molecular flexibility index (Phi) is 4.05. The van der Waals surface area contributed by atoms with E-state index in [0.29, 0.717) is 16.6 Å². The summed E-state index contributed by atoms with van der Waals surface area (Å²) >= 11 is 7.28. The molecule has 2 atom stereocenters. The summed E-state index contributed by atoms with van der Waals surface area (Å²) in [5.41, 5.74) is 1.68. The van der Waals surface area contributed by atoms with E-state index in [0.717, 1.165) is 11.3 Å². The zero-order valence-corrected chi connectivity index (χ0v) is 15.1. The average Bonchev–Trinajstić information content (AvgIpc) is 3.16. The van der Waals surface area contributed by atoms with Gasteiger partial charge in [-0.05, 0) is 42.0 Å². The van der Waals surface area contributed by atoms with Gasteiger partial charge >= 0.3 is 0 Å². The van der Waals surface area contributed by atoms with Crippen LogP contribution >= 0.6 is 24.0 Å². The van der Waals surface area contributed by atoms with Crippen LogP contribution in [0.3, 0.4) is 0 Å². The summed E-state index contributed by atoms with van der Waals surface area (Å²) in [6.45, 7) is 0. The van der Waals surface area contributed by atoms with Crippen molar-refractivity contribution in [3.05, 3.63) is 54.1 Å². The molecule has 0 aromatic heterocycles. The quantitative estimate of drug-likeness (QED) is 0.836. The number of hydrogen-bond donors (Lipinski definition) is 1. The van der Waals surface area contributed by atoms with Crippen LogP contribution in [0.4, 0.5) is 5.69 Å². The lowest BCUT2D eigenvalue weighted by atomic mass is 10.1. The molecule has 25 heavy (non-hydrogen) atoms. The van der Waals surface area contributed by atoms with Crippen molar-refractivity contribution in [1.82, 2.24) is 4.90 Å². The smallest absolute Gasteiger partial charge is 0.257 e. The van der Waals surface area contributed by atoms with Gasteiger partial charge in [0.25, 0.3) is 5.91 Å². The predicted molar refractivity (Wildman–Crippen MR) is 102 cm³/mol. The summed E-state index contributed by atoms with van der Waals surface area (Å²) in [6.07, 6.45) is 0. The first kappa shape index (κ1) is 16.2. The number of anilines is 1. The SMILES string of the molecule is COc1ccc([C@@H]2SC[C@@H]3C(=O)N(c4ccccc4)C(=S)N32)cc1O. The first-order valence-corrected chi connectivity index (χ1v) is 9.27. The lowest BCUT2D eigenvalue weighted by Crippen LogP contribution is -2.33. The fourth-order valence-corrected chi connectivity index (χ4v) is 5.13. The standard InChI is InChI=1S/C18H16N2O3S2/c1-23-15-8-7-11(9-14(15)21)17-20-13(10-25-17)16(22)19(18(20)24)12-5-3-2-4-6-12/h2-9,13,17,21H,10H2,1H3/t13-,17+/m1/s1. The molecule has 0 unspecified atom stereocenters. The number of rotatable bonds is 3. The van der Waals surface area contributed by atoms with Gasteiger partial charge in [0, 0.05) is 5.75 Å². The monoisotopic (exact) mass is 372 g/mol. The lowest BCUT2D eigenvalue weighted by Gasteiger charge is -2.25. The number of aromatic hydroxyl groups is 1. The molecular weight excluding hydrogens is 356 g/mol. The van der Waals surface area contributed by atoms with E-state index in [4.69, 9.17) is 17.0 Å². The highest BCUT2D eigenvalue weighted by Gasteiger charge is 2.50. The Hall–Kier alpha value is -2.25. The molecular formula is C18H16N2O3S2.